The zero-order valence-corrected chi connectivity index (χ0v) is 22.6. The van der Waals surface area contributed by atoms with Crippen molar-refractivity contribution < 1.29 is 9.53 Å². The van der Waals surface area contributed by atoms with Crippen molar-refractivity contribution >= 4 is 17.2 Å². The third-order valence-electron chi connectivity index (χ3n) is 6.76. The number of fused-ring (bicyclic) bond motifs is 1. The zero-order chi connectivity index (χ0) is 25.8. The van der Waals surface area contributed by atoms with Crippen LogP contribution in [0.4, 0.5) is 5.69 Å². The highest BCUT2D eigenvalue weighted by molar-refractivity contribution is 5.94. The van der Waals surface area contributed by atoms with Crippen molar-refractivity contribution in [2.45, 2.75) is 104 Å². The maximum atomic E-state index is 11.9. The summed E-state index contributed by atoms with van der Waals surface area (Å²) >= 11 is 0. The second-order valence-corrected chi connectivity index (χ2v) is 9.66. The zero-order valence-electron chi connectivity index (χ0n) is 22.6. The molecular formula is C32H46N2O2. The number of nitrogens with zero attached hydrogens (tertiary/aromatic N) is 2. The average molecular weight is 491 g/mol. The van der Waals surface area contributed by atoms with Gasteiger partial charge in [0.25, 0.3) is 0 Å². The van der Waals surface area contributed by atoms with E-state index in [1.807, 2.05) is 18.2 Å². The van der Waals surface area contributed by atoms with Crippen LogP contribution in [0.2, 0.25) is 0 Å². The first-order valence-electron chi connectivity index (χ1n) is 14.2. The van der Waals surface area contributed by atoms with Gasteiger partial charge in [-0.25, -0.2) is 4.79 Å². The summed E-state index contributed by atoms with van der Waals surface area (Å²) in [5.74, 6) is -0.579. The number of allylic oxidation sites excluding steroid dienone is 4. The minimum absolute atomic E-state index is 0.0140. The number of unbranched alkanes of at least 4 members (excludes halogenated alkanes) is 13. The first-order valence-corrected chi connectivity index (χ1v) is 14.2. The van der Waals surface area contributed by atoms with E-state index in [0.717, 1.165) is 17.7 Å². The van der Waals surface area contributed by atoms with Crippen molar-refractivity contribution in [2.24, 2.45) is 0 Å². The van der Waals surface area contributed by atoms with Crippen LogP contribution in [-0.2, 0) is 9.53 Å². The van der Waals surface area contributed by atoms with Crippen molar-refractivity contribution in [1.29, 1.82) is 5.26 Å². The van der Waals surface area contributed by atoms with Crippen molar-refractivity contribution in [2.75, 3.05) is 18.1 Å². The molecule has 1 aromatic carbocycles. The Morgan fingerprint density at radius 1 is 0.889 bits per heavy atom. The fourth-order valence-corrected chi connectivity index (χ4v) is 4.66. The number of rotatable bonds is 18. The number of carbonyl (C=O) groups excluding carboxylic acids is 1. The Bertz CT molecular complexity index is 907. The highest BCUT2D eigenvalue weighted by Crippen LogP contribution is 2.33. The molecule has 0 N–H and O–H groups in total. The number of esters is 1. The van der Waals surface area contributed by atoms with E-state index in [0.29, 0.717) is 0 Å². The fraction of sp³-hybridized carbons (Fsp3) is 0.562. The lowest BCUT2D eigenvalue weighted by Crippen LogP contribution is -2.21. The largest absolute Gasteiger partial charge is 0.462 e. The summed E-state index contributed by atoms with van der Waals surface area (Å²) in [4.78, 5) is 14.2. The van der Waals surface area contributed by atoms with Crippen molar-refractivity contribution in [3.8, 4) is 6.07 Å². The molecule has 2 rings (SSSR count). The number of hydrogen-bond donors (Lipinski definition) is 0. The summed E-state index contributed by atoms with van der Waals surface area (Å²) < 4.78 is 4.95. The number of benzene rings is 1. The van der Waals surface area contributed by atoms with E-state index in [1.165, 1.54) is 95.6 Å². The summed E-state index contributed by atoms with van der Waals surface area (Å²) in [6.45, 7) is 5.27. The predicted molar refractivity (Wildman–Crippen MR) is 152 cm³/mol. The van der Waals surface area contributed by atoms with Crippen molar-refractivity contribution in [3.63, 3.8) is 0 Å². The van der Waals surface area contributed by atoms with E-state index in [9.17, 15) is 10.1 Å². The lowest BCUT2D eigenvalue weighted by Gasteiger charge is -2.27. The minimum atomic E-state index is -0.579. The molecule has 4 nitrogen and oxygen atoms in total. The molecule has 0 aromatic heterocycles. The topological polar surface area (TPSA) is 53.3 Å². The van der Waals surface area contributed by atoms with Crippen LogP contribution in [0.25, 0.3) is 5.57 Å². The Hall–Kier alpha value is -2.80. The van der Waals surface area contributed by atoms with Crippen LogP contribution in [0.15, 0.2) is 54.3 Å². The third-order valence-corrected chi connectivity index (χ3v) is 6.76. The second kappa shape index (κ2) is 18.5. The Morgan fingerprint density at radius 3 is 2.06 bits per heavy atom. The molecule has 196 valence electrons. The molecule has 0 saturated carbocycles. The maximum absolute atomic E-state index is 11.9. The third kappa shape index (κ3) is 10.9. The van der Waals surface area contributed by atoms with Crippen LogP contribution in [0.1, 0.15) is 109 Å². The number of carbonyl (C=O) groups is 1. The molecule has 0 bridgehead atoms. The summed E-state index contributed by atoms with van der Waals surface area (Å²) in [5.41, 5.74) is 3.28. The van der Waals surface area contributed by atoms with E-state index in [4.69, 9.17) is 4.74 Å². The van der Waals surface area contributed by atoms with Gasteiger partial charge in [-0.3, -0.25) is 0 Å². The van der Waals surface area contributed by atoms with Crippen molar-refractivity contribution in [1.82, 2.24) is 0 Å². The normalized spacial score (nSPS) is 14.1. The molecular weight excluding hydrogens is 444 g/mol. The van der Waals surface area contributed by atoms with Crippen LogP contribution < -0.4 is 4.90 Å². The SMILES string of the molecule is CCCCCCCCCCCCCCCCN1C=C/C(=C\C=C(\C#N)C(=O)OCC)c2ccccc21. The summed E-state index contributed by atoms with van der Waals surface area (Å²) in [6, 6.07) is 10.2. The van der Waals surface area contributed by atoms with Gasteiger partial charge in [0, 0.05) is 24.0 Å². The number of anilines is 1. The highest BCUT2D eigenvalue weighted by atomic mass is 16.5. The van der Waals surface area contributed by atoms with E-state index < -0.39 is 5.97 Å². The lowest BCUT2D eigenvalue weighted by molar-refractivity contribution is -0.138. The molecule has 1 aliphatic rings. The van der Waals surface area contributed by atoms with Gasteiger partial charge >= 0.3 is 5.97 Å². The maximum Gasteiger partial charge on any atom is 0.348 e. The molecule has 0 amide bonds. The fourth-order valence-electron chi connectivity index (χ4n) is 4.66. The van der Waals surface area contributed by atoms with Gasteiger partial charge < -0.3 is 9.64 Å². The molecule has 0 saturated heterocycles. The molecule has 0 atom stereocenters. The van der Waals surface area contributed by atoms with Gasteiger partial charge in [-0.2, -0.15) is 5.26 Å². The van der Waals surface area contributed by atoms with Gasteiger partial charge in [0.15, 0.2) is 0 Å². The predicted octanol–water partition coefficient (Wildman–Crippen LogP) is 8.90. The van der Waals surface area contributed by atoms with E-state index >= 15 is 0 Å². The molecule has 0 spiro atoms. The Balaban J connectivity index is 1.70. The molecule has 0 radical (unpaired) electrons. The van der Waals surface area contributed by atoms with Crippen LogP contribution in [0.5, 0.6) is 0 Å². The van der Waals surface area contributed by atoms with Crippen LogP contribution >= 0.6 is 0 Å². The summed E-state index contributed by atoms with van der Waals surface area (Å²) in [6.07, 6.45) is 26.7. The minimum Gasteiger partial charge on any atom is -0.462 e. The van der Waals surface area contributed by atoms with Gasteiger partial charge in [0.2, 0.25) is 0 Å². The van der Waals surface area contributed by atoms with Crippen LogP contribution in [0, 0.1) is 11.3 Å². The molecule has 1 heterocycles. The molecule has 1 aromatic rings. The van der Waals surface area contributed by atoms with E-state index in [2.05, 4.69) is 42.3 Å². The quantitative estimate of drug-likeness (QED) is 0.0892. The molecule has 1 aliphatic heterocycles. The second-order valence-electron chi connectivity index (χ2n) is 9.66. The van der Waals surface area contributed by atoms with E-state index in [-0.39, 0.29) is 12.2 Å². The van der Waals surface area contributed by atoms with Crippen molar-refractivity contribution in [3.05, 3.63) is 59.8 Å². The van der Waals surface area contributed by atoms with Gasteiger partial charge in [0.05, 0.1) is 6.61 Å². The first-order chi connectivity index (χ1) is 17.7. The molecule has 0 fully saturated rings. The number of hydrogen-bond acceptors (Lipinski definition) is 4. The molecule has 36 heavy (non-hydrogen) atoms. The van der Waals surface area contributed by atoms with Gasteiger partial charge in [-0.15, -0.1) is 0 Å². The highest BCUT2D eigenvalue weighted by Gasteiger charge is 2.15. The standard InChI is InChI=1S/C32H46N2O2/c1-3-5-6-7-8-9-10-11-12-13-14-15-16-19-25-34-26-24-28(30-20-17-18-21-31(30)34)22-23-29(27-33)32(35)36-4-2/h17-18,20-24,26H,3-16,19,25H2,1-2H3/b28-22+,29-23-. The summed E-state index contributed by atoms with van der Waals surface area (Å²) in [7, 11) is 0. The first kappa shape index (κ1) is 29.4. The number of para-hydroxylation sites is 1. The van der Waals surface area contributed by atoms with Gasteiger partial charge in [0.1, 0.15) is 11.6 Å². The smallest absolute Gasteiger partial charge is 0.348 e. The lowest BCUT2D eigenvalue weighted by atomic mass is 9.98. The van der Waals surface area contributed by atoms with Gasteiger partial charge in [-0.05, 0) is 37.1 Å². The monoisotopic (exact) mass is 490 g/mol. The molecule has 4 heteroatoms. The average Bonchev–Trinajstić information content (AvgIpc) is 2.90. The number of ether oxygens (including phenoxy) is 1. The molecule has 0 aliphatic carbocycles. The van der Waals surface area contributed by atoms with Gasteiger partial charge in [-0.1, -0.05) is 115 Å². The number of nitriles is 1. The Kier molecular flexibility index (Phi) is 15.1. The van der Waals surface area contributed by atoms with Crippen LogP contribution in [-0.4, -0.2) is 19.1 Å². The van der Waals surface area contributed by atoms with Crippen LogP contribution in [0.3, 0.4) is 0 Å². The summed E-state index contributed by atoms with van der Waals surface area (Å²) in [5, 5.41) is 9.27. The Morgan fingerprint density at radius 2 is 1.47 bits per heavy atom. The molecule has 0 unspecified atom stereocenters. The Labute approximate surface area is 219 Å². The van der Waals surface area contributed by atoms with E-state index in [1.54, 1.807) is 13.0 Å².